The molecule has 1 atom stereocenters. The number of ether oxygens (including phenoxy) is 2. The van der Waals surface area contributed by atoms with Crippen LogP contribution < -0.4 is 4.74 Å². The van der Waals surface area contributed by atoms with E-state index in [9.17, 15) is 4.79 Å². The third-order valence-electron chi connectivity index (χ3n) is 3.59. The number of carbonyl (C=O) groups excluding carboxylic acids is 1. The summed E-state index contributed by atoms with van der Waals surface area (Å²) in [5.74, 6) is 1.20. The van der Waals surface area contributed by atoms with Crippen LogP contribution in [0.15, 0.2) is 30.3 Å². The molecule has 1 unspecified atom stereocenters. The fourth-order valence-electron chi connectivity index (χ4n) is 2.38. The van der Waals surface area contributed by atoms with Crippen molar-refractivity contribution in [3.63, 3.8) is 0 Å². The van der Waals surface area contributed by atoms with E-state index in [0.29, 0.717) is 5.92 Å². The quantitative estimate of drug-likeness (QED) is 0.767. The minimum Gasteiger partial charge on any atom is -0.497 e. The Morgan fingerprint density at radius 1 is 1.22 bits per heavy atom. The summed E-state index contributed by atoms with van der Waals surface area (Å²) < 4.78 is 10.5. The van der Waals surface area contributed by atoms with E-state index in [1.165, 1.54) is 12.8 Å². The van der Waals surface area contributed by atoms with Gasteiger partial charge in [-0.3, -0.25) is 0 Å². The van der Waals surface area contributed by atoms with Crippen LogP contribution in [0.25, 0.3) is 5.57 Å². The van der Waals surface area contributed by atoms with Gasteiger partial charge in [-0.25, -0.2) is 4.79 Å². The summed E-state index contributed by atoms with van der Waals surface area (Å²) in [5.41, 5.74) is 2.16. The normalized spacial score (nSPS) is 23.3. The van der Waals surface area contributed by atoms with Crippen LogP contribution in [0, 0.1) is 5.92 Å². The highest BCUT2D eigenvalue weighted by molar-refractivity contribution is 5.93. The number of esters is 1. The van der Waals surface area contributed by atoms with Gasteiger partial charge in [-0.1, -0.05) is 12.1 Å². The lowest BCUT2D eigenvalue weighted by Gasteiger charge is -2.23. The highest BCUT2D eigenvalue weighted by Crippen LogP contribution is 2.40. The van der Waals surface area contributed by atoms with Crippen molar-refractivity contribution in [3.05, 3.63) is 35.9 Å². The Morgan fingerprint density at radius 2 is 1.94 bits per heavy atom. The molecule has 1 aromatic carbocycles. The second-order valence-corrected chi connectivity index (χ2v) is 4.91. The molecular formula is C15H16O3. The molecule has 1 aliphatic carbocycles. The maximum absolute atomic E-state index is 11.6. The lowest BCUT2D eigenvalue weighted by Crippen LogP contribution is -2.23. The van der Waals surface area contributed by atoms with Crippen molar-refractivity contribution in [1.82, 2.24) is 0 Å². The third-order valence-corrected chi connectivity index (χ3v) is 3.59. The minimum absolute atomic E-state index is 0.0830. The van der Waals surface area contributed by atoms with Crippen LogP contribution in [0.2, 0.25) is 0 Å². The first-order valence-corrected chi connectivity index (χ1v) is 6.32. The first-order chi connectivity index (χ1) is 8.76. The van der Waals surface area contributed by atoms with Crippen LogP contribution >= 0.6 is 0 Å². The Hall–Kier alpha value is -1.77. The van der Waals surface area contributed by atoms with Crippen molar-refractivity contribution in [2.45, 2.75) is 25.4 Å². The molecular weight excluding hydrogens is 228 g/mol. The maximum atomic E-state index is 11.6. The fourth-order valence-corrected chi connectivity index (χ4v) is 2.38. The van der Waals surface area contributed by atoms with Crippen LogP contribution in [-0.2, 0) is 9.53 Å². The Labute approximate surface area is 106 Å². The second-order valence-electron chi connectivity index (χ2n) is 4.91. The maximum Gasteiger partial charge on any atom is 0.331 e. The molecule has 0 amide bonds. The van der Waals surface area contributed by atoms with E-state index in [1.54, 1.807) is 13.2 Å². The Balaban J connectivity index is 1.82. The van der Waals surface area contributed by atoms with Gasteiger partial charge in [0.25, 0.3) is 0 Å². The van der Waals surface area contributed by atoms with E-state index in [2.05, 4.69) is 0 Å². The largest absolute Gasteiger partial charge is 0.497 e. The molecule has 1 fully saturated rings. The molecule has 1 saturated carbocycles. The standard InChI is InChI=1S/C15H16O3/c1-17-13-6-4-10(5-7-13)12-8-14(11-2-3-11)18-15(16)9-12/h4-7,9,11,14H,2-3,8H2,1H3. The number of benzene rings is 1. The summed E-state index contributed by atoms with van der Waals surface area (Å²) in [7, 11) is 1.65. The van der Waals surface area contributed by atoms with E-state index in [-0.39, 0.29) is 12.1 Å². The predicted octanol–water partition coefficient (Wildman–Crippen LogP) is 2.80. The molecule has 0 N–H and O–H groups in total. The zero-order valence-electron chi connectivity index (χ0n) is 10.4. The zero-order chi connectivity index (χ0) is 12.5. The second kappa shape index (κ2) is 4.48. The molecule has 1 aliphatic heterocycles. The van der Waals surface area contributed by atoms with Gasteiger partial charge in [0.1, 0.15) is 11.9 Å². The van der Waals surface area contributed by atoms with Gasteiger partial charge in [0.2, 0.25) is 0 Å². The van der Waals surface area contributed by atoms with Crippen LogP contribution in [0.1, 0.15) is 24.8 Å². The molecule has 0 bridgehead atoms. The number of methoxy groups -OCH3 is 1. The summed E-state index contributed by atoms with van der Waals surface area (Å²) in [5, 5.41) is 0. The van der Waals surface area contributed by atoms with Gasteiger partial charge in [0.15, 0.2) is 0 Å². The number of hydrogen-bond donors (Lipinski definition) is 0. The highest BCUT2D eigenvalue weighted by atomic mass is 16.5. The summed E-state index contributed by atoms with van der Waals surface area (Å²) in [6.45, 7) is 0. The first-order valence-electron chi connectivity index (χ1n) is 6.32. The van der Waals surface area contributed by atoms with E-state index in [1.807, 2.05) is 24.3 Å². The van der Waals surface area contributed by atoms with Gasteiger partial charge in [-0.15, -0.1) is 0 Å². The molecule has 0 spiro atoms. The van der Waals surface area contributed by atoms with Gasteiger partial charge in [-0.2, -0.15) is 0 Å². The van der Waals surface area contributed by atoms with Crippen molar-refractivity contribution >= 4 is 11.5 Å². The number of hydrogen-bond acceptors (Lipinski definition) is 3. The van der Waals surface area contributed by atoms with Crippen LogP contribution in [0.5, 0.6) is 5.75 Å². The monoisotopic (exact) mass is 244 g/mol. The highest BCUT2D eigenvalue weighted by Gasteiger charge is 2.36. The first kappa shape index (κ1) is 11.3. The average molecular weight is 244 g/mol. The number of carbonyl (C=O) groups is 1. The molecule has 94 valence electrons. The van der Waals surface area contributed by atoms with E-state index < -0.39 is 0 Å². The smallest absolute Gasteiger partial charge is 0.331 e. The molecule has 0 aromatic heterocycles. The Morgan fingerprint density at radius 3 is 2.56 bits per heavy atom. The number of rotatable bonds is 3. The van der Waals surface area contributed by atoms with E-state index >= 15 is 0 Å². The fraction of sp³-hybridized carbons (Fsp3) is 0.400. The molecule has 18 heavy (non-hydrogen) atoms. The predicted molar refractivity (Wildman–Crippen MR) is 68.2 cm³/mol. The third kappa shape index (κ3) is 2.26. The lowest BCUT2D eigenvalue weighted by molar-refractivity contribution is -0.144. The summed E-state index contributed by atoms with van der Waals surface area (Å²) in [6, 6.07) is 7.82. The summed E-state index contributed by atoms with van der Waals surface area (Å²) in [4.78, 5) is 11.6. The summed E-state index contributed by atoms with van der Waals surface area (Å²) in [6.07, 6.45) is 4.91. The van der Waals surface area contributed by atoms with Crippen LogP contribution in [-0.4, -0.2) is 19.2 Å². The van der Waals surface area contributed by atoms with Gasteiger partial charge < -0.3 is 9.47 Å². The van der Waals surface area contributed by atoms with E-state index in [0.717, 1.165) is 23.3 Å². The van der Waals surface area contributed by atoms with Gasteiger partial charge in [0.05, 0.1) is 7.11 Å². The summed E-state index contributed by atoms with van der Waals surface area (Å²) >= 11 is 0. The van der Waals surface area contributed by atoms with Crippen molar-refractivity contribution < 1.29 is 14.3 Å². The topological polar surface area (TPSA) is 35.5 Å². The minimum atomic E-state index is -0.205. The molecule has 1 aromatic rings. The lowest BCUT2D eigenvalue weighted by atomic mass is 9.95. The van der Waals surface area contributed by atoms with Gasteiger partial charge >= 0.3 is 5.97 Å². The zero-order valence-corrected chi connectivity index (χ0v) is 10.4. The van der Waals surface area contributed by atoms with Crippen molar-refractivity contribution in [3.8, 4) is 5.75 Å². The molecule has 3 rings (SSSR count). The van der Waals surface area contributed by atoms with Crippen LogP contribution in [0.4, 0.5) is 0 Å². The van der Waals surface area contributed by atoms with Crippen molar-refractivity contribution in [2.75, 3.05) is 7.11 Å². The number of cyclic esters (lactones) is 1. The molecule has 3 nitrogen and oxygen atoms in total. The van der Waals surface area contributed by atoms with E-state index in [4.69, 9.17) is 9.47 Å². The molecule has 1 heterocycles. The SMILES string of the molecule is COc1ccc(C2=CC(=O)OC(C3CC3)C2)cc1. The van der Waals surface area contributed by atoms with Crippen molar-refractivity contribution in [1.29, 1.82) is 0 Å². The Bertz CT molecular complexity index is 483. The van der Waals surface area contributed by atoms with Crippen molar-refractivity contribution in [2.24, 2.45) is 5.92 Å². The molecule has 0 saturated heterocycles. The average Bonchev–Trinajstić information content (AvgIpc) is 3.22. The molecule has 0 radical (unpaired) electrons. The molecule has 3 heteroatoms. The molecule has 2 aliphatic rings. The van der Waals surface area contributed by atoms with Gasteiger partial charge in [-0.05, 0) is 42.0 Å². The van der Waals surface area contributed by atoms with Gasteiger partial charge in [0, 0.05) is 12.5 Å². The van der Waals surface area contributed by atoms with Crippen LogP contribution in [0.3, 0.4) is 0 Å². The Kier molecular flexibility index (Phi) is 2.82.